The molecule has 0 aromatic carbocycles. The van der Waals surface area contributed by atoms with E-state index in [4.69, 9.17) is 10.8 Å². The Kier molecular flexibility index (Phi) is 3.58. The zero-order valence-corrected chi connectivity index (χ0v) is 9.87. The molecule has 1 unspecified atom stereocenters. The predicted molar refractivity (Wildman–Crippen MR) is 63.8 cm³/mol. The molecular formula is C11H16N2O2S. The largest absolute Gasteiger partial charge is 0.477 e. The zero-order valence-electron chi connectivity index (χ0n) is 9.06. The first-order valence-electron chi connectivity index (χ1n) is 5.45. The lowest BCUT2D eigenvalue weighted by molar-refractivity contribution is 0.0702. The molecule has 1 atom stereocenters. The molecule has 0 aliphatic carbocycles. The van der Waals surface area contributed by atoms with E-state index < -0.39 is 5.97 Å². The lowest BCUT2D eigenvalue weighted by atomic mass is 10.1. The fourth-order valence-electron chi connectivity index (χ4n) is 2.03. The van der Waals surface area contributed by atoms with Gasteiger partial charge in [-0.1, -0.05) is 0 Å². The van der Waals surface area contributed by atoms with Crippen LogP contribution in [0, 0.1) is 0 Å². The summed E-state index contributed by atoms with van der Waals surface area (Å²) in [5.41, 5.74) is 5.90. The van der Waals surface area contributed by atoms with Gasteiger partial charge in [-0.25, -0.2) is 4.79 Å². The monoisotopic (exact) mass is 240 g/mol. The summed E-state index contributed by atoms with van der Waals surface area (Å²) < 4.78 is 0. The maximum atomic E-state index is 10.7. The molecular weight excluding hydrogens is 224 g/mol. The topological polar surface area (TPSA) is 66.6 Å². The van der Waals surface area contributed by atoms with Crippen LogP contribution >= 0.6 is 11.3 Å². The van der Waals surface area contributed by atoms with Crippen molar-refractivity contribution in [1.82, 2.24) is 4.90 Å². The van der Waals surface area contributed by atoms with Gasteiger partial charge in [-0.3, -0.25) is 4.90 Å². The van der Waals surface area contributed by atoms with Gasteiger partial charge >= 0.3 is 5.97 Å². The number of nitrogens with two attached hydrogens (primary N) is 1. The smallest absolute Gasteiger partial charge is 0.345 e. The Morgan fingerprint density at radius 3 is 3.06 bits per heavy atom. The lowest BCUT2D eigenvalue weighted by Gasteiger charge is -2.30. The van der Waals surface area contributed by atoms with Gasteiger partial charge in [0, 0.05) is 24.0 Å². The van der Waals surface area contributed by atoms with E-state index in [0.717, 1.165) is 37.4 Å². The fraction of sp³-hybridized carbons (Fsp3) is 0.545. The third-order valence-corrected chi connectivity index (χ3v) is 3.85. The van der Waals surface area contributed by atoms with E-state index in [1.165, 1.54) is 11.3 Å². The fourth-order valence-corrected chi connectivity index (χ4v) is 2.92. The minimum atomic E-state index is -0.841. The number of nitrogens with zero attached hydrogens (tertiary/aromatic N) is 1. The molecule has 3 N–H and O–H groups in total. The summed E-state index contributed by atoms with van der Waals surface area (Å²) in [5.74, 6) is -0.841. The highest BCUT2D eigenvalue weighted by Crippen LogP contribution is 2.20. The number of carboxylic acids is 1. The first kappa shape index (κ1) is 11.6. The summed E-state index contributed by atoms with van der Waals surface area (Å²) in [7, 11) is 0. The van der Waals surface area contributed by atoms with Crippen LogP contribution in [0.2, 0.25) is 0 Å². The second-order valence-corrected chi connectivity index (χ2v) is 5.38. The number of hydrogen-bond acceptors (Lipinski definition) is 4. The van der Waals surface area contributed by atoms with E-state index in [0.29, 0.717) is 4.88 Å². The summed E-state index contributed by atoms with van der Waals surface area (Å²) >= 11 is 1.35. The van der Waals surface area contributed by atoms with Crippen LogP contribution in [0.15, 0.2) is 12.1 Å². The van der Waals surface area contributed by atoms with E-state index in [-0.39, 0.29) is 6.04 Å². The molecule has 16 heavy (non-hydrogen) atoms. The van der Waals surface area contributed by atoms with Gasteiger partial charge in [-0.05, 0) is 31.5 Å². The van der Waals surface area contributed by atoms with Crippen LogP contribution < -0.4 is 5.73 Å². The highest BCUT2D eigenvalue weighted by molar-refractivity contribution is 7.13. The van der Waals surface area contributed by atoms with Gasteiger partial charge in [0.2, 0.25) is 0 Å². The van der Waals surface area contributed by atoms with Crippen molar-refractivity contribution in [2.75, 3.05) is 13.1 Å². The molecule has 1 aliphatic heterocycles. The Labute approximate surface area is 98.7 Å². The summed E-state index contributed by atoms with van der Waals surface area (Å²) in [6.45, 7) is 2.81. The lowest BCUT2D eigenvalue weighted by Crippen LogP contribution is -2.42. The molecule has 1 aliphatic rings. The second-order valence-electron chi connectivity index (χ2n) is 4.21. The normalized spacial score (nSPS) is 22.2. The second kappa shape index (κ2) is 4.95. The first-order valence-corrected chi connectivity index (χ1v) is 6.27. The van der Waals surface area contributed by atoms with Crippen LogP contribution in [0.25, 0.3) is 0 Å². The number of piperidine rings is 1. The van der Waals surface area contributed by atoms with E-state index in [9.17, 15) is 4.79 Å². The third kappa shape index (κ3) is 2.81. The number of thiophene rings is 1. The molecule has 1 aromatic rings. The number of rotatable bonds is 3. The minimum Gasteiger partial charge on any atom is -0.477 e. The Hall–Kier alpha value is -0.910. The Balaban J connectivity index is 1.95. The molecule has 0 radical (unpaired) electrons. The number of carboxylic acid groups (broad SMARTS) is 1. The van der Waals surface area contributed by atoms with Crippen molar-refractivity contribution >= 4 is 17.3 Å². The van der Waals surface area contributed by atoms with Gasteiger partial charge in [0.1, 0.15) is 4.88 Å². The van der Waals surface area contributed by atoms with Crippen molar-refractivity contribution in [3.63, 3.8) is 0 Å². The molecule has 0 saturated carbocycles. The molecule has 2 heterocycles. The molecule has 1 fully saturated rings. The number of aromatic carboxylic acids is 1. The SMILES string of the molecule is NC1CCCN(Cc2ccc(C(=O)O)s2)C1. The van der Waals surface area contributed by atoms with Crippen molar-refractivity contribution < 1.29 is 9.90 Å². The molecule has 0 bridgehead atoms. The Morgan fingerprint density at radius 1 is 1.62 bits per heavy atom. The van der Waals surface area contributed by atoms with Gasteiger partial charge in [-0.2, -0.15) is 0 Å². The van der Waals surface area contributed by atoms with E-state index >= 15 is 0 Å². The summed E-state index contributed by atoms with van der Waals surface area (Å²) in [6.07, 6.45) is 2.24. The van der Waals surface area contributed by atoms with Crippen LogP contribution in [0.3, 0.4) is 0 Å². The first-order chi connectivity index (χ1) is 7.65. The molecule has 0 amide bonds. The van der Waals surface area contributed by atoms with Crippen molar-refractivity contribution in [3.8, 4) is 0 Å². The van der Waals surface area contributed by atoms with Crippen LogP contribution in [0.5, 0.6) is 0 Å². The molecule has 0 spiro atoms. The van der Waals surface area contributed by atoms with E-state index in [1.54, 1.807) is 6.07 Å². The quantitative estimate of drug-likeness (QED) is 0.837. The molecule has 5 heteroatoms. The van der Waals surface area contributed by atoms with Gasteiger partial charge in [0.05, 0.1) is 0 Å². The van der Waals surface area contributed by atoms with E-state index in [1.807, 2.05) is 6.07 Å². The van der Waals surface area contributed by atoms with Crippen molar-refractivity contribution in [2.24, 2.45) is 5.73 Å². The maximum absolute atomic E-state index is 10.7. The molecule has 1 saturated heterocycles. The van der Waals surface area contributed by atoms with E-state index in [2.05, 4.69) is 4.90 Å². The van der Waals surface area contributed by atoms with Crippen molar-refractivity contribution in [3.05, 3.63) is 21.9 Å². The van der Waals surface area contributed by atoms with Crippen molar-refractivity contribution in [2.45, 2.75) is 25.4 Å². The number of hydrogen-bond donors (Lipinski definition) is 2. The van der Waals surface area contributed by atoms with Crippen LogP contribution in [0.4, 0.5) is 0 Å². The van der Waals surface area contributed by atoms with Gasteiger partial charge < -0.3 is 10.8 Å². The summed E-state index contributed by atoms with van der Waals surface area (Å²) in [6, 6.07) is 3.84. The van der Waals surface area contributed by atoms with Gasteiger partial charge in [0.25, 0.3) is 0 Å². The average molecular weight is 240 g/mol. The molecule has 88 valence electrons. The standard InChI is InChI=1S/C11H16N2O2S/c12-8-2-1-5-13(6-8)7-9-3-4-10(16-9)11(14)15/h3-4,8H,1-2,5-7,12H2,(H,14,15). The predicted octanol–water partition coefficient (Wildman–Crippen LogP) is 1.37. The highest BCUT2D eigenvalue weighted by atomic mass is 32.1. The van der Waals surface area contributed by atoms with Crippen LogP contribution in [0.1, 0.15) is 27.4 Å². The number of carbonyl (C=O) groups is 1. The van der Waals surface area contributed by atoms with Crippen LogP contribution in [-0.2, 0) is 6.54 Å². The summed E-state index contributed by atoms with van der Waals surface area (Å²) in [4.78, 5) is 14.5. The van der Waals surface area contributed by atoms with Gasteiger partial charge in [-0.15, -0.1) is 11.3 Å². The third-order valence-electron chi connectivity index (χ3n) is 2.79. The summed E-state index contributed by atoms with van der Waals surface area (Å²) in [5, 5.41) is 8.82. The highest BCUT2D eigenvalue weighted by Gasteiger charge is 2.17. The molecule has 1 aromatic heterocycles. The van der Waals surface area contributed by atoms with Crippen molar-refractivity contribution in [1.29, 1.82) is 0 Å². The maximum Gasteiger partial charge on any atom is 0.345 e. The zero-order chi connectivity index (χ0) is 11.5. The number of likely N-dealkylation sites (tertiary alicyclic amines) is 1. The van der Waals surface area contributed by atoms with Crippen LogP contribution in [-0.4, -0.2) is 35.1 Å². The van der Waals surface area contributed by atoms with Gasteiger partial charge in [0.15, 0.2) is 0 Å². The molecule has 4 nitrogen and oxygen atoms in total. The minimum absolute atomic E-state index is 0.271. The molecule has 2 rings (SSSR count). The average Bonchev–Trinajstić information content (AvgIpc) is 2.66. The Bertz CT molecular complexity index is 378. The Morgan fingerprint density at radius 2 is 2.44 bits per heavy atom.